The van der Waals surface area contributed by atoms with Gasteiger partial charge in [-0.1, -0.05) is 0 Å². The highest BCUT2D eigenvalue weighted by atomic mass is 19.1. The summed E-state index contributed by atoms with van der Waals surface area (Å²) < 4.78 is 24.1. The maximum Gasteiger partial charge on any atom is 0.150 e. The molecule has 0 radical (unpaired) electrons. The van der Waals surface area contributed by atoms with E-state index in [2.05, 4.69) is 4.90 Å². The van der Waals surface area contributed by atoms with Gasteiger partial charge in [0.2, 0.25) is 0 Å². The highest BCUT2D eigenvalue weighted by Gasteiger charge is 2.16. The second-order valence-corrected chi connectivity index (χ2v) is 4.15. The summed E-state index contributed by atoms with van der Waals surface area (Å²) in [6, 6.07) is 5.05. The second kappa shape index (κ2) is 5.87. The van der Waals surface area contributed by atoms with Crippen molar-refractivity contribution >= 4 is 5.69 Å². The fourth-order valence-corrected chi connectivity index (χ4v) is 2.03. The van der Waals surface area contributed by atoms with Crippen LogP contribution in [0.5, 0.6) is 5.75 Å². The molecule has 1 heterocycles. The first-order valence-electron chi connectivity index (χ1n) is 5.97. The van der Waals surface area contributed by atoms with Gasteiger partial charge in [0, 0.05) is 26.3 Å². The number of ether oxygens (including phenoxy) is 2. The minimum atomic E-state index is -0.207. The Labute approximate surface area is 101 Å². The normalized spacial score (nSPS) is 15.3. The first kappa shape index (κ1) is 12.2. The number of hydrogen-bond acceptors (Lipinski definition) is 3. The Morgan fingerprint density at radius 1 is 1.24 bits per heavy atom. The van der Waals surface area contributed by atoms with Gasteiger partial charge in [0.15, 0.2) is 0 Å². The van der Waals surface area contributed by atoms with Crippen molar-refractivity contribution in [2.24, 2.45) is 0 Å². The van der Waals surface area contributed by atoms with Gasteiger partial charge >= 0.3 is 0 Å². The van der Waals surface area contributed by atoms with E-state index in [1.54, 1.807) is 13.2 Å². The fourth-order valence-electron chi connectivity index (χ4n) is 2.03. The van der Waals surface area contributed by atoms with Gasteiger partial charge in [-0.2, -0.15) is 0 Å². The lowest BCUT2D eigenvalue weighted by Gasteiger charge is -2.18. The molecule has 1 aromatic carbocycles. The van der Waals surface area contributed by atoms with Crippen molar-refractivity contribution in [1.29, 1.82) is 0 Å². The number of rotatable bonds is 5. The number of methoxy groups -OCH3 is 1. The minimum absolute atomic E-state index is 0.207. The third kappa shape index (κ3) is 3.09. The van der Waals surface area contributed by atoms with Gasteiger partial charge in [-0.05, 0) is 25.0 Å². The van der Waals surface area contributed by atoms with Crippen LogP contribution in [0.4, 0.5) is 10.1 Å². The fraction of sp³-hybridized carbons (Fsp3) is 0.538. The largest absolute Gasteiger partial charge is 0.491 e. The monoisotopic (exact) mass is 239 g/mol. The van der Waals surface area contributed by atoms with Gasteiger partial charge in [0.05, 0.1) is 12.3 Å². The molecule has 0 aromatic heterocycles. The number of anilines is 1. The first-order valence-corrected chi connectivity index (χ1v) is 5.97. The van der Waals surface area contributed by atoms with Crippen molar-refractivity contribution in [2.75, 3.05) is 38.3 Å². The smallest absolute Gasteiger partial charge is 0.150 e. The molecule has 2 rings (SSSR count). The van der Waals surface area contributed by atoms with Crippen LogP contribution in [0.1, 0.15) is 12.8 Å². The Kier molecular flexibility index (Phi) is 4.20. The Balaban J connectivity index is 2.00. The molecule has 0 atom stereocenters. The summed E-state index contributed by atoms with van der Waals surface area (Å²) >= 11 is 0. The van der Waals surface area contributed by atoms with Crippen molar-refractivity contribution < 1.29 is 13.9 Å². The lowest BCUT2D eigenvalue weighted by molar-refractivity contribution is 0.146. The Bertz CT molecular complexity index is 364. The zero-order chi connectivity index (χ0) is 12.1. The predicted octanol–water partition coefficient (Wildman–Crippen LogP) is 2.45. The van der Waals surface area contributed by atoms with Crippen LogP contribution in [0.3, 0.4) is 0 Å². The van der Waals surface area contributed by atoms with Crippen LogP contribution >= 0.6 is 0 Å². The molecular weight excluding hydrogens is 221 g/mol. The maximum absolute atomic E-state index is 13.9. The Hall–Kier alpha value is -1.29. The van der Waals surface area contributed by atoms with Gasteiger partial charge in [-0.15, -0.1) is 0 Å². The van der Waals surface area contributed by atoms with E-state index in [0.29, 0.717) is 24.7 Å². The molecule has 17 heavy (non-hydrogen) atoms. The quantitative estimate of drug-likeness (QED) is 0.737. The molecule has 0 bridgehead atoms. The van der Waals surface area contributed by atoms with E-state index in [4.69, 9.17) is 9.47 Å². The summed E-state index contributed by atoms with van der Waals surface area (Å²) in [5.41, 5.74) is 0.682. The Morgan fingerprint density at radius 2 is 2.00 bits per heavy atom. The van der Waals surface area contributed by atoms with E-state index in [9.17, 15) is 4.39 Å². The maximum atomic E-state index is 13.9. The van der Waals surface area contributed by atoms with E-state index in [-0.39, 0.29) is 5.82 Å². The minimum Gasteiger partial charge on any atom is -0.491 e. The molecule has 0 spiro atoms. The molecule has 3 nitrogen and oxygen atoms in total. The molecule has 0 saturated carbocycles. The predicted molar refractivity (Wildman–Crippen MR) is 65.2 cm³/mol. The van der Waals surface area contributed by atoms with Crippen LogP contribution in [0, 0.1) is 5.82 Å². The molecule has 0 aliphatic carbocycles. The summed E-state index contributed by atoms with van der Waals surface area (Å²) in [6.45, 7) is 2.84. The molecule has 94 valence electrons. The molecule has 1 fully saturated rings. The molecule has 0 unspecified atom stereocenters. The summed E-state index contributed by atoms with van der Waals surface area (Å²) in [6.07, 6.45) is 2.29. The molecule has 1 aliphatic heterocycles. The van der Waals surface area contributed by atoms with Crippen molar-refractivity contribution in [3.8, 4) is 5.75 Å². The number of benzene rings is 1. The third-order valence-corrected chi connectivity index (χ3v) is 2.92. The van der Waals surface area contributed by atoms with E-state index in [1.807, 2.05) is 6.07 Å². The average molecular weight is 239 g/mol. The SMILES string of the molecule is COCCOc1ccc(N2CCCC2)c(F)c1. The lowest BCUT2D eigenvalue weighted by atomic mass is 10.2. The second-order valence-electron chi connectivity index (χ2n) is 4.15. The van der Waals surface area contributed by atoms with E-state index in [0.717, 1.165) is 25.9 Å². The van der Waals surface area contributed by atoms with Crippen LogP contribution in [0.25, 0.3) is 0 Å². The van der Waals surface area contributed by atoms with Gasteiger partial charge < -0.3 is 14.4 Å². The van der Waals surface area contributed by atoms with Crippen molar-refractivity contribution in [3.63, 3.8) is 0 Å². The molecule has 1 aromatic rings. The van der Waals surface area contributed by atoms with Crippen molar-refractivity contribution in [3.05, 3.63) is 24.0 Å². The summed E-state index contributed by atoms with van der Waals surface area (Å²) in [5, 5.41) is 0. The molecular formula is C13H18FNO2. The number of halogens is 1. The van der Waals surface area contributed by atoms with Gasteiger partial charge in [0.1, 0.15) is 18.2 Å². The van der Waals surface area contributed by atoms with Gasteiger partial charge in [-0.3, -0.25) is 0 Å². The van der Waals surface area contributed by atoms with Crippen LogP contribution in [0.15, 0.2) is 18.2 Å². The zero-order valence-electron chi connectivity index (χ0n) is 10.1. The average Bonchev–Trinajstić information content (AvgIpc) is 2.83. The molecule has 1 saturated heterocycles. The molecule has 1 aliphatic rings. The summed E-state index contributed by atoms with van der Waals surface area (Å²) in [5.74, 6) is 0.351. The molecule has 0 amide bonds. The van der Waals surface area contributed by atoms with Crippen LogP contribution < -0.4 is 9.64 Å². The third-order valence-electron chi connectivity index (χ3n) is 2.92. The first-order chi connectivity index (χ1) is 8.31. The number of hydrogen-bond donors (Lipinski definition) is 0. The Morgan fingerprint density at radius 3 is 2.65 bits per heavy atom. The van der Waals surface area contributed by atoms with E-state index in [1.165, 1.54) is 6.07 Å². The standard InChI is InChI=1S/C13H18FNO2/c1-16-8-9-17-11-4-5-13(12(14)10-11)15-6-2-3-7-15/h4-5,10H,2-3,6-9H2,1H3. The van der Waals surface area contributed by atoms with Crippen LogP contribution in [-0.2, 0) is 4.74 Å². The van der Waals surface area contributed by atoms with Gasteiger partial charge in [-0.25, -0.2) is 4.39 Å². The van der Waals surface area contributed by atoms with Crippen molar-refractivity contribution in [2.45, 2.75) is 12.8 Å². The van der Waals surface area contributed by atoms with Crippen LogP contribution in [0.2, 0.25) is 0 Å². The number of nitrogens with zero attached hydrogens (tertiary/aromatic N) is 1. The van der Waals surface area contributed by atoms with Gasteiger partial charge in [0.25, 0.3) is 0 Å². The highest BCUT2D eigenvalue weighted by molar-refractivity contribution is 5.51. The zero-order valence-corrected chi connectivity index (χ0v) is 10.1. The molecule has 4 heteroatoms. The summed E-state index contributed by atoms with van der Waals surface area (Å²) in [4.78, 5) is 2.08. The highest BCUT2D eigenvalue weighted by Crippen LogP contribution is 2.26. The topological polar surface area (TPSA) is 21.7 Å². The molecule has 0 N–H and O–H groups in total. The van der Waals surface area contributed by atoms with E-state index < -0.39 is 0 Å². The van der Waals surface area contributed by atoms with Crippen molar-refractivity contribution in [1.82, 2.24) is 0 Å². The van der Waals surface area contributed by atoms with E-state index >= 15 is 0 Å². The van der Waals surface area contributed by atoms with Crippen LogP contribution in [-0.4, -0.2) is 33.4 Å². The summed E-state index contributed by atoms with van der Waals surface area (Å²) in [7, 11) is 1.61. The lowest BCUT2D eigenvalue weighted by Crippen LogP contribution is -2.18.